The van der Waals surface area contributed by atoms with E-state index < -0.39 is 11.7 Å². The highest BCUT2D eigenvalue weighted by molar-refractivity contribution is 5.24. The first-order valence-electron chi connectivity index (χ1n) is 2.46. The van der Waals surface area contributed by atoms with Crippen LogP contribution in [-0.2, 0) is 0 Å². The van der Waals surface area contributed by atoms with Crippen LogP contribution in [-0.4, -0.2) is 0 Å². The Hall–Kier alpha value is -1.06. The van der Waals surface area contributed by atoms with Gasteiger partial charge in [-0.25, -0.2) is 8.78 Å². The van der Waals surface area contributed by atoms with Crippen molar-refractivity contribution >= 4 is 0 Å². The third-order valence-electron chi connectivity index (χ3n) is 0.997. The van der Waals surface area contributed by atoms with Crippen LogP contribution in [0.1, 0.15) is 6.92 Å². The molecule has 0 aromatic carbocycles. The van der Waals surface area contributed by atoms with E-state index in [1.165, 1.54) is 6.92 Å². The molecule has 50 valence electrons. The summed E-state index contributed by atoms with van der Waals surface area (Å²) in [5.74, 6) is -1.71. The zero-order valence-corrected chi connectivity index (χ0v) is 4.83. The highest BCUT2D eigenvalue weighted by atomic mass is 19.2. The van der Waals surface area contributed by atoms with Crippen LogP contribution in [0.3, 0.4) is 0 Å². The smallest absolute Gasteiger partial charge is 0.180 e. The van der Waals surface area contributed by atoms with Gasteiger partial charge in [-0.1, -0.05) is 0 Å². The van der Waals surface area contributed by atoms with Crippen molar-refractivity contribution < 1.29 is 8.78 Å². The van der Waals surface area contributed by atoms with E-state index in [9.17, 15) is 8.78 Å². The molecule has 0 atom stereocenters. The van der Waals surface area contributed by atoms with E-state index in [0.717, 1.165) is 6.20 Å². The van der Waals surface area contributed by atoms with E-state index in [1.54, 1.807) is 0 Å². The van der Waals surface area contributed by atoms with Gasteiger partial charge >= 0.3 is 0 Å². The third kappa shape index (κ3) is 1.01. The molecule has 0 amide bonds. The van der Waals surface area contributed by atoms with Crippen LogP contribution in [0.4, 0.5) is 8.78 Å². The highest BCUT2D eigenvalue weighted by Crippen LogP contribution is 2.16. The number of halogens is 2. The molecule has 4 heteroatoms. The Morgan fingerprint density at radius 3 is 2.56 bits per heavy atom. The minimum Gasteiger partial charge on any atom is -0.305 e. The number of allylic oxidation sites excluding steroid dienone is 3. The minimum atomic E-state index is -0.869. The molecule has 1 aliphatic heterocycles. The maximum absolute atomic E-state index is 12.3. The molecule has 1 heterocycles. The van der Waals surface area contributed by atoms with E-state index in [2.05, 4.69) is 10.9 Å². The molecule has 0 radical (unpaired) electrons. The lowest BCUT2D eigenvalue weighted by Gasteiger charge is -2.11. The molecule has 9 heavy (non-hydrogen) atoms. The molecule has 0 aromatic heterocycles. The fourth-order valence-corrected chi connectivity index (χ4v) is 0.505. The van der Waals surface area contributed by atoms with Crippen molar-refractivity contribution in [1.82, 2.24) is 10.9 Å². The first-order chi connectivity index (χ1) is 4.22. The van der Waals surface area contributed by atoms with Gasteiger partial charge in [0, 0.05) is 0 Å². The third-order valence-corrected chi connectivity index (χ3v) is 0.997. The van der Waals surface area contributed by atoms with Crippen molar-refractivity contribution in [2.75, 3.05) is 0 Å². The van der Waals surface area contributed by atoms with Crippen molar-refractivity contribution in [3.05, 3.63) is 23.6 Å². The Kier molecular flexibility index (Phi) is 1.38. The van der Waals surface area contributed by atoms with E-state index in [0.29, 0.717) is 0 Å². The molecule has 0 spiro atoms. The van der Waals surface area contributed by atoms with Gasteiger partial charge in [0.1, 0.15) is 0 Å². The van der Waals surface area contributed by atoms with Crippen LogP contribution in [0.2, 0.25) is 0 Å². The molecule has 1 aliphatic rings. The molecule has 1 rings (SSSR count). The second kappa shape index (κ2) is 2.05. The molecule has 0 saturated carbocycles. The van der Waals surface area contributed by atoms with Crippen LogP contribution in [0, 0.1) is 0 Å². The fraction of sp³-hybridized carbons (Fsp3) is 0.200. The maximum atomic E-state index is 12.3. The van der Waals surface area contributed by atoms with Gasteiger partial charge in [-0.15, -0.1) is 0 Å². The van der Waals surface area contributed by atoms with Crippen molar-refractivity contribution in [3.8, 4) is 0 Å². The number of nitrogens with one attached hydrogen (secondary N) is 2. The topological polar surface area (TPSA) is 24.1 Å². The number of rotatable bonds is 0. The average molecular weight is 132 g/mol. The lowest BCUT2D eigenvalue weighted by molar-refractivity contribution is 0.494. The van der Waals surface area contributed by atoms with Crippen LogP contribution in [0.25, 0.3) is 0 Å². The van der Waals surface area contributed by atoms with Gasteiger partial charge in [-0.2, -0.15) is 0 Å². The first-order valence-corrected chi connectivity index (χ1v) is 2.46. The summed E-state index contributed by atoms with van der Waals surface area (Å²) in [5, 5.41) is 0. The molecule has 0 unspecified atom stereocenters. The molecule has 0 aliphatic carbocycles. The predicted octanol–water partition coefficient (Wildman–Crippen LogP) is 1.11. The molecule has 0 saturated heterocycles. The quantitative estimate of drug-likeness (QED) is 0.515. The zero-order chi connectivity index (χ0) is 6.85. The maximum Gasteiger partial charge on any atom is 0.180 e. The van der Waals surface area contributed by atoms with Gasteiger partial charge in [-0.3, -0.25) is 0 Å². The molecular weight excluding hydrogens is 126 g/mol. The molecule has 2 N–H and O–H groups in total. The van der Waals surface area contributed by atoms with E-state index in [4.69, 9.17) is 0 Å². The Morgan fingerprint density at radius 1 is 1.44 bits per heavy atom. The highest BCUT2D eigenvalue weighted by Gasteiger charge is 2.10. The summed E-state index contributed by atoms with van der Waals surface area (Å²) in [6, 6.07) is 0. The van der Waals surface area contributed by atoms with Crippen LogP contribution in [0.5, 0.6) is 0 Å². The molecule has 0 aromatic rings. The molecule has 0 fully saturated rings. The van der Waals surface area contributed by atoms with Crippen LogP contribution < -0.4 is 10.9 Å². The molecule has 2 nitrogen and oxygen atoms in total. The summed E-state index contributed by atoms with van der Waals surface area (Å²) in [7, 11) is 0. The average Bonchev–Trinajstić information content (AvgIpc) is 1.83. The largest absolute Gasteiger partial charge is 0.305 e. The lowest BCUT2D eigenvalue weighted by Crippen LogP contribution is -2.28. The molecular formula is C5H6F2N2. The van der Waals surface area contributed by atoms with Crippen LogP contribution in [0.15, 0.2) is 23.6 Å². The summed E-state index contributed by atoms with van der Waals surface area (Å²) < 4.78 is 24.5. The fourth-order valence-electron chi connectivity index (χ4n) is 0.505. The summed E-state index contributed by atoms with van der Waals surface area (Å²) in [6.07, 6.45) is 0.919. The van der Waals surface area contributed by atoms with Gasteiger partial charge in [0.15, 0.2) is 11.7 Å². The Balaban J connectivity index is 2.88. The zero-order valence-electron chi connectivity index (χ0n) is 4.83. The monoisotopic (exact) mass is 132 g/mol. The summed E-state index contributed by atoms with van der Waals surface area (Å²) >= 11 is 0. The SMILES string of the molecule is CC1=C(F)C(F)=CNN1. The van der Waals surface area contributed by atoms with E-state index in [1.807, 2.05) is 0 Å². The number of hydrazine groups is 1. The first kappa shape index (κ1) is 6.07. The number of hydrogen-bond acceptors (Lipinski definition) is 2. The number of hydrogen-bond donors (Lipinski definition) is 2. The summed E-state index contributed by atoms with van der Waals surface area (Å²) in [5.41, 5.74) is 4.89. The second-order valence-electron chi connectivity index (χ2n) is 1.70. The predicted molar refractivity (Wildman–Crippen MR) is 29.3 cm³/mol. The Labute approximate surface area is 51.2 Å². The van der Waals surface area contributed by atoms with Crippen molar-refractivity contribution in [2.45, 2.75) is 6.92 Å². The van der Waals surface area contributed by atoms with Gasteiger partial charge in [0.25, 0.3) is 0 Å². The second-order valence-corrected chi connectivity index (χ2v) is 1.70. The van der Waals surface area contributed by atoms with Gasteiger partial charge in [0.05, 0.1) is 11.9 Å². The lowest BCUT2D eigenvalue weighted by atomic mass is 10.3. The minimum absolute atomic E-state index is 0.162. The van der Waals surface area contributed by atoms with Crippen LogP contribution >= 0.6 is 0 Å². The van der Waals surface area contributed by atoms with Crippen molar-refractivity contribution in [2.24, 2.45) is 0 Å². The Bertz CT molecular complexity index is 183. The molecule has 0 bridgehead atoms. The normalized spacial score (nSPS) is 18.3. The van der Waals surface area contributed by atoms with E-state index >= 15 is 0 Å². The standard InChI is InChI=1S/C5H6F2N2/c1-3-5(7)4(6)2-8-9-3/h2,8-9H,1H3. The van der Waals surface area contributed by atoms with E-state index in [-0.39, 0.29) is 5.70 Å². The van der Waals surface area contributed by atoms with Crippen molar-refractivity contribution in [3.63, 3.8) is 0 Å². The van der Waals surface area contributed by atoms with Gasteiger partial charge in [-0.05, 0) is 6.92 Å². The van der Waals surface area contributed by atoms with Gasteiger partial charge in [0.2, 0.25) is 0 Å². The van der Waals surface area contributed by atoms with Crippen molar-refractivity contribution in [1.29, 1.82) is 0 Å². The Morgan fingerprint density at radius 2 is 2.11 bits per heavy atom. The summed E-state index contributed by atoms with van der Waals surface area (Å²) in [4.78, 5) is 0. The summed E-state index contributed by atoms with van der Waals surface area (Å²) in [6.45, 7) is 1.44. The van der Waals surface area contributed by atoms with Gasteiger partial charge < -0.3 is 10.9 Å².